The highest BCUT2D eigenvalue weighted by molar-refractivity contribution is 5.78. The molecule has 20 heavy (non-hydrogen) atoms. The van der Waals surface area contributed by atoms with Gasteiger partial charge in [-0.05, 0) is 32.5 Å². The Kier molecular flexibility index (Phi) is 5.56. The third-order valence-corrected chi connectivity index (χ3v) is 3.88. The number of likely N-dealkylation sites (N-methyl/N-ethyl adjacent to an activating group) is 2. The summed E-state index contributed by atoms with van der Waals surface area (Å²) in [6.45, 7) is 3.05. The van der Waals surface area contributed by atoms with Gasteiger partial charge >= 0.3 is 0 Å². The van der Waals surface area contributed by atoms with Crippen LogP contribution in [0.25, 0.3) is 0 Å². The molecule has 1 saturated heterocycles. The van der Waals surface area contributed by atoms with Gasteiger partial charge in [0.1, 0.15) is 0 Å². The normalized spacial score (nSPS) is 19.4. The summed E-state index contributed by atoms with van der Waals surface area (Å²) in [4.78, 5) is 16.4. The first-order valence-corrected chi connectivity index (χ1v) is 7.36. The van der Waals surface area contributed by atoms with Gasteiger partial charge in [-0.15, -0.1) is 0 Å². The van der Waals surface area contributed by atoms with Crippen LogP contribution in [0.5, 0.6) is 0 Å². The number of carbonyl (C=O) groups is 1. The Bertz CT molecular complexity index is 421. The Labute approximate surface area is 121 Å². The molecule has 0 aliphatic carbocycles. The van der Waals surface area contributed by atoms with Crippen molar-refractivity contribution in [1.29, 1.82) is 0 Å². The molecule has 1 aromatic carbocycles. The molecule has 110 valence electrons. The van der Waals surface area contributed by atoms with Crippen molar-refractivity contribution in [3.63, 3.8) is 0 Å². The topological polar surface area (TPSA) is 35.6 Å². The number of nitrogens with one attached hydrogen (secondary N) is 1. The molecule has 0 spiro atoms. The third kappa shape index (κ3) is 4.32. The molecule has 0 radical (unpaired) electrons. The zero-order chi connectivity index (χ0) is 14.4. The molecular formula is C16H25N3O. The van der Waals surface area contributed by atoms with Crippen LogP contribution in [0.1, 0.15) is 18.4 Å². The number of hydrogen-bond acceptors (Lipinski definition) is 3. The minimum atomic E-state index is 0.239. The Morgan fingerprint density at radius 1 is 1.40 bits per heavy atom. The predicted octanol–water partition coefficient (Wildman–Crippen LogP) is 1.33. The SMILES string of the molecule is CNC1CCCN(C(=O)CN(C)Cc2ccccc2)C1. The van der Waals surface area contributed by atoms with Crippen LogP contribution >= 0.6 is 0 Å². The van der Waals surface area contributed by atoms with Gasteiger partial charge in [-0.2, -0.15) is 0 Å². The molecule has 1 aliphatic heterocycles. The van der Waals surface area contributed by atoms with Gasteiger partial charge in [0.05, 0.1) is 6.54 Å². The first-order chi connectivity index (χ1) is 9.69. The van der Waals surface area contributed by atoms with Gasteiger partial charge in [0, 0.05) is 25.7 Å². The van der Waals surface area contributed by atoms with E-state index in [1.807, 2.05) is 37.2 Å². The van der Waals surface area contributed by atoms with Crippen molar-refractivity contribution in [3.8, 4) is 0 Å². The molecule has 4 nitrogen and oxygen atoms in total. The Balaban J connectivity index is 1.81. The summed E-state index contributed by atoms with van der Waals surface area (Å²) in [5, 5.41) is 3.27. The van der Waals surface area contributed by atoms with Crippen LogP contribution in [0, 0.1) is 0 Å². The minimum absolute atomic E-state index is 0.239. The van der Waals surface area contributed by atoms with Crippen LogP contribution in [-0.4, -0.2) is 55.5 Å². The molecule has 1 aliphatic rings. The van der Waals surface area contributed by atoms with E-state index in [4.69, 9.17) is 0 Å². The van der Waals surface area contributed by atoms with E-state index in [9.17, 15) is 4.79 Å². The van der Waals surface area contributed by atoms with E-state index in [2.05, 4.69) is 22.3 Å². The van der Waals surface area contributed by atoms with Gasteiger partial charge in [-0.25, -0.2) is 0 Å². The van der Waals surface area contributed by atoms with E-state index in [1.165, 1.54) is 12.0 Å². The lowest BCUT2D eigenvalue weighted by molar-refractivity contribution is -0.133. The quantitative estimate of drug-likeness (QED) is 0.880. The van der Waals surface area contributed by atoms with Crippen molar-refractivity contribution >= 4 is 5.91 Å². The highest BCUT2D eigenvalue weighted by atomic mass is 16.2. The van der Waals surface area contributed by atoms with Crippen molar-refractivity contribution in [3.05, 3.63) is 35.9 Å². The van der Waals surface area contributed by atoms with Crippen LogP contribution in [-0.2, 0) is 11.3 Å². The number of nitrogens with zero attached hydrogens (tertiary/aromatic N) is 2. The summed E-state index contributed by atoms with van der Waals surface area (Å²) < 4.78 is 0. The Morgan fingerprint density at radius 2 is 2.15 bits per heavy atom. The molecule has 0 bridgehead atoms. The van der Waals surface area contributed by atoms with Crippen molar-refractivity contribution < 1.29 is 4.79 Å². The zero-order valence-corrected chi connectivity index (χ0v) is 12.5. The fourth-order valence-electron chi connectivity index (χ4n) is 2.72. The summed E-state index contributed by atoms with van der Waals surface area (Å²) in [5.74, 6) is 0.239. The van der Waals surface area contributed by atoms with E-state index in [1.54, 1.807) is 0 Å². The predicted molar refractivity (Wildman–Crippen MR) is 81.4 cm³/mol. The van der Waals surface area contributed by atoms with E-state index in [0.29, 0.717) is 12.6 Å². The standard InChI is InChI=1S/C16H25N3O/c1-17-15-9-6-10-19(12-15)16(20)13-18(2)11-14-7-4-3-5-8-14/h3-5,7-8,15,17H,6,9-13H2,1-2H3. The highest BCUT2D eigenvalue weighted by Gasteiger charge is 2.23. The second-order valence-corrected chi connectivity index (χ2v) is 5.63. The maximum Gasteiger partial charge on any atom is 0.236 e. The smallest absolute Gasteiger partial charge is 0.236 e. The average molecular weight is 275 g/mol. The molecule has 1 aromatic rings. The summed E-state index contributed by atoms with van der Waals surface area (Å²) in [6.07, 6.45) is 2.26. The molecule has 1 heterocycles. The van der Waals surface area contributed by atoms with E-state index >= 15 is 0 Å². The molecular weight excluding hydrogens is 250 g/mol. The lowest BCUT2D eigenvalue weighted by Gasteiger charge is -2.33. The number of piperidine rings is 1. The summed E-state index contributed by atoms with van der Waals surface area (Å²) in [6, 6.07) is 10.7. The summed E-state index contributed by atoms with van der Waals surface area (Å²) in [5.41, 5.74) is 1.24. The molecule has 1 unspecified atom stereocenters. The van der Waals surface area contributed by atoms with Crippen molar-refractivity contribution in [2.45, 2.75) is 25.4 Å². The molecule has 1 amide bonds. The molecule has 4 heteroatoms. The van der Waals surface area contributed by atoms with Gasteiger partial charge in [0.2, 0.25) is 5.91 Å². The number of rotatable bonds is 5. The summed E-state index contributed by atoms with van der Waals surface area (Å²) in [7, 11) is 3.98. The maximum absolute atomic E-state index is 12.3. The van der Waals surface area contributed by atoms with Gasteiger partial charge in [0.15, 0.2) is 0 Å². The molecule has 1 fully saturated rings. The van der Waals surface area contributed by atoms with Crippen molar-refractivity contribution in [2.24, 2.45) is 0 Å². The highest BCUT2D eigenvalue weighted by Crippen LogP contribution is 2.10. The lowest BCUT2D eigenvalue weighted by atomic mass is 10.1. The fourth-order valence-corrected chi connectivity index (χ4v) is 2.72. The fraction of sp³-hybridized carbons (Fsp3) is 0.562. The van der Waals surface area contributed by atoms with Crippen LogP contribution in [0.3, 0.4) is 0 Å². The largest absolute Gasteiger partial charge is 0.340 e. The summed E-state index contributed by atoms with van der Waals surface area (Å²) >= 11 is 0. The second-order valence-electron chi connectivity index (χ2n) is 5.63. The second kappa shape index (κ2) is 7.41. The van der Waals surface area contributed by atoms with Gasteiger partial charge in [-0.3, -0.25) is 9.69 Å². The Hall–Kier alpha value is -1.39. The number of likely N-dealkylation sites (tertiary alicyclic amines) is 1. The number of hydrogen-bond donors (Lipinski definition) is 1. The molecule has 1 atom stereocenters. The molecule has 2 rings (SSSR count). The van der Waals surface area contributed by atoms with Gasteiger partial charge in [-0.1, -0.05) is 30.3 Å². The first kappa shape index (κ1) is 15.0. The minimum Gasteiger partial charge on any atom is -0.340 e. The zero-order valence-electron chi connectivity index (χ0n) is 12.5. The van der Waals surface area contributed by atoms with E-state index in [0.717, 1.165) is 26.1 Å². The molecule has 1 N–H and O–H groups in total. The van der Waals surface area contributed by atoms with Crippen LogP contribution in [0.15, 0.2) is 30.3 Å². The van der Waals surface area contributed by atoms with Gasteiger partial charge in [0.25, 0.3) is 0 Å². The Morgan fingerprint density at radius 3 is 2.85 bits per heavy atom. The third-order valence-electron chi connectivity index (χ3n) is 3.88. The number of amides is 1. The monoisotopic (exact) mass is 275 g/mol. The van der Waals surface area contributed by atoms with Gasteiger partial charge < -0.3 is 10.2 Å². The number of carbonyl (C=O) groups excluding carboxylic acids is 1. The first-order valence-electron chi connectivity index (χ1n) is 7.36. The average Bonchev–Trinajstić information content (AvgIpc) is 2.48. The maximum atomic E-state index is 12.3. The van der Waals surface area contributed by atoms with Crippen LogP contribution in [0.2, 0.25) is 0 Å². The van der Waals surface area contributed by atoms with Crippen molar-refractivity contribution in [1.82, 2.24) is 15.1 Å². The van der Waals surface area contributed by atoms with Crippen LogP contribution < -0.4 is 5.32 Å². The van der Waals surface area contributed by atoms with E-state index < -0.39 is 0 Å². The lowest BCUT2D eigenvalue weighted by Crippen LogP contribution is -2.49. The van der Waals surface area contributed by atoms with Crippen molar-refractivity contribution in [2.75, 3.05) is 33.7 Å². The molecule has 0 saturated carbocycles. The van der Waals surface area contributed by atoms with E-state index in [-0.39, 0.29) is 5.91 Å². The van der Waals surface area contributed by atoms with Crippen LogP contribution in [0.4, 0.5) is 0 Å². The number of benzene rings is 1. The molecule has 0 aromatic heterocycles.